The monoisotopic (exact) mass is 257 g/mol. The van der Waals surface area contributed by atoms with E-state index in [1.807, 2.05) is 0 Å². The fraction of sp³-hybridized carbons (Fsp3) is 0.250. The van der Waals surface area contributed by atoms with Crippen LogP contribution in [0.15, 0.2) is 18.2 Å². The number of rotatable bonds is 1. The van der Waals surface area contributed by atoms with Gasteiger partial charge < -0.3 is 10.5 Å². The fourth-order valence-electron chi connectivity index (χ4n) is 1.17. The summed E-state index contributed by atoms with van der Waals surface area (Å²) in [6.07, 6.45) is -4.70. The highest BCUT2D eigenvalue weighted by atomic mass is 19.4. The molecule has 96 valence electrons. The minimum Gasteiger partial charge on any atom is -0.468 e. The molecule has 0 amide bonds. The van der Waals surface area contributed by atoms with Crippen molar-refractivity contribution in [1.82, 2.24) is 0 Å². The highest BCUT2D eigenvalue weighted by Gasteiger charge is 2.32. The molecule has 0 heterocycles. The number of halogens is 3. The summed E-state index contributed by atoms with van der Waals surface area (Å²) in [6, 6.07) is 3.33. The van der Waals surface area contributed by atoms with Crippen molar-refractivity contribution in [1.29, 1.82) is 0 Å². The number of nitrogen functional groups attached to an aromatic ring is 1. The third kappa shape index (κ3) is 3.70. The predicted octanol–water partition coefficient (Wildman–Crippen LogP) is 2.20. The quantitative estimate of drug-likeness (QED) is 0.476. The molecule has 0 aromatic heterocycles. The lowest BCUT2D eigenvalue weighted by Gasteiger charge is -2.09. The molecule has 0 spiro atoms. The molecule has 0 atom stereocenters. The number of hydrogen-bond acceptors (Lipinski definition) is 3. The number of esters is 1. The van der Waals surface area contributed by atoms with Gasteiger partial charge in [0.2, 0.25) is 0 Å². The van der Waals surface area contributed by atoms with E-state index < -0.39 is 17.7 Å². The molecule has 18 heavy (non-hydrogen) atoms. The fourth-order valence-corrected chi connectivity index (χ4v) is 1.17. The van der Waals surface area contributed by atoms with Crippen LogP contribution in [-0.4, -0.2) is 13.1 Å². The van der Waals surface area contributed by atoms with E-state index in [-0.39, 0.29) is 17.7 Å². The van der Waals surface area contributed by atoms with Gasteiger partial charge in [0.1, 0.15) is 6.42 Å². The van der Waals surface area contributed by atoms with E-state index in [2.05, 4.69) is 16.6 Å². The molecule has 0 saturated carbocycles. The van der Waals surface area contributed by atoms with E-state index in [1.54, 1.807) is 0 Å². The zero-order chi connectivity index (χ0) is 13.8. The lowest BCUT2D eigenvalue weighted by molar-refractivity contribution is -0.139. The molecule has 0 saturated heterocycles. The van der Waals surface area contributed by atoms with Crippen molar-refractivity contribution in [3.63, 3.8) is 0 Å². The van der Waals surface area contributed by atoms with E-state index in [4.69, 9.17) is 5.73 Å². The van der Waals surface area contributed by atoms with Crippen molar-refractivity contribution in [2.75, 3.05) is 12.8 Å². The predicted molar refractivity (Wildman–Crippen MR) is 59.4 cm³/mol. The van der Waals surface area contributed by atoms with E-state index in [1.165, 1.54) is 13.2 Å². The largest absolute Gasteiger partial charge is 0.468 e. The van der Waals surface area contributed by atoms with Gasteiger partial charge in [-0.1, -0.05) is 11.8 Å². The Hall–Kier alpha value is -2.16. The minimum atomic E-state index is -4.52. The normalized spacial score (nSPS) is 10.4. The standard InChI is InChI=1S/C12H10F3NO2/c1-18-11(17)4-2-3-8-5-6-10(16)9(7-8)12(13,14)15/h5-7H,4,16H2,1H3. The molecule has 1 rings (SSSR count). The second-order valence-electron chi connectivity index (χ2n) is 3.35. The first kappa shape index (κ1) is 13.9. The zero-order valence-electron chi connectivity index (χ0n) is 9.47. The molecule has 0 unspecified atom stereocenters. The van der Waals surface area contributed by atoms with Gasteiger partial charge >= 0.3 is 12.1 Å². The Bertz CT molecular complexity index is 512. The van der Waals surface area contributed by atoms with Crippen molar-refractivity contribution in [2.45, 2.75) is 12.6 Å². The van der Waals surface area contributed by atoms with Gasteiger partial charge in [-0.05, 0) is 18.2 Å². The molecule has 6 heteroatoms. The van der Waals surface area contributed by atoms with Crippen molar-refractivity contribution in [3.8, 4) is 11.8 Å². The first-order chi connectivity index (χ1) is 8.34. The Balaban J connectivity index is 2.96. The van der Waals surface area contributed by atoms with E-state index >= 15 is 0 Å². The number of benzene rings is 1. The van der Waals surface area contributed by atoms with Crippen LogP contribution in [0, 0.1) is 11.8 Å². The van der Waals surface area contributed by atoms with Crippen molar-refractivity contribution in [3.05, 3.63) is 29.3 Å². The Morgan fingerprint density at radius 2 is 2.11 bits per heavy atom. The summed E-state index contributed by atoms with van der Waals surface area (Å²) in [5.74, 6) is 4.31. The number of ether oxygens (including phenoxy) is 1. The summed E-state index contributed by atoms with van der Waals surface area (Å²) < 4.78 is 41.9. The molecule has 2 N–H and O–H groups in total. The Morgan fingerprint density at radius 3 is 2.67 bits per heavy atom. The lowest BCUT2D eigenvalue weighted by Crippen LogP contribution is -2.09. The van der Waals surface area contributed by atoms with Gasteiger partial charge in [-0.2, -0.15) is 13.2 Å². The molecular weight excluding hydrogens is 247 g/mol. The average Bonchev–Trinajstić information content (AvgIpc) is 2.29. The first-order valence-electron chi connectivity index (χ1n) is 4.87. The molecule has 3 nitrogen and oxygen atoms in total. The molecule has 0 aliphatic heterocycles. The topological polar surface area (TPSA) is 52.3 Å². The van der Waals surface area contributed by atoms with Crippen molar-refractivity contribution >= 4 is 11.7 Å². The lowest BCUT2D eigenvalue weighted by atomic mass is 10.1. The van der Waals surface area contributed by atoms with Crippen LogP contribution in [-0.2, 0) is 15.7 Å². The maximum absolute atomic E-state index is 12.5. The average molecular weight is 257 g/mol. The number of methoxy groups -OCH3 is 1. The number of nitrogens with two attached hydrogens (primary N) is 1. The molecule has 0 radical (unpaired) electrons. The summed E-state index contributed by atoms with van der Waals surface area (Å²) in [5, 5.41) is 0. The first-order valence-corrected chi connectivity index (χ1v) is 4.87. The zero-order valence-corrected chi connectivity index (χ0v) is 9.47. The van der Waals surface area contributed by atoms with Crippen molar-refractivity contribution in [2.24, 2.45) is 0 Å². The van der Waals surface area contributed by atoms with Crippen LogP contribution >= 0.6 is 0 Å². The SMILES string of the molecule is COC(=O)CC#Cc1ccc(N)c(C(F)(F)F)c1. The minimum absolute atomic E-state index is 0.139. The Labute approximate surface area is 102 Å². The summed E-state index contributed by atoms with van der Waals surface area (Å²) in [6.45, 7) is 0. The summed E-state index contributed by atoms with van der Waals surface area (Å²) in [7, 11) is 1.20. The van der Waals surface area contributed by atoms with E-state index in [0.29, 0.717) is 0 Å². The van der Waals surface area contributed by atoms with Gasteiger partial charge in [0.05, 0.1) is 12.7 Å². The van der Waals surface area contributed by atoms with Gasteiger partial charge in [0.15, 0.2) is 0 Å². The maximum atomic E-state index is 12.5. The third-order valence-corrected chi connectivity index (χ3v) is 2.05. The molecular formula is C12H10F3NO2. The highest BCUT2D eigenvalue weighted by Crippen LogP contribution is 2.33. The van der Waals surface area contributed by atoms with Gasteiger partial charge in [-0.3, -0.25) is 4.79 Å². The maximum Gasteiger partial charge on any atom is 0.418 e. The van der Waals surface area contributed by atoms with Crippen LogP contribution in [0.4, 0.5) is 18.9 Å². The third-order valence-electron chi connectivity index (χ3n) is 2.05. The highest BCUT2D eigenvalue weighted by molar-refractivity contribution is 5.72. The molecule has 1 aromatic rings. The molecule has 1 aromatic carbocycles. The van der Waals surface area contributed by atoms with Crippen LogP contribution < -0.4 is 5.73 Å². The second-order valence-corrected chi connectivity index (χ2v) is 3.35. The van der Waals surface area contributed by atoms with Crippen molar-refractivity contribution < 1.29 is 22.7 Å². The van der Waals surface area contributed by atoms with E-state index in [0.717, 1.165) is 12.1 Å². The Morgan fingerprint density at radius 1 is 1.44 bits per heavy atom. The van der Waals surface area contributed by atoms with Crippen LogP contribution in [0.1, 0.15) is 17.5 Å². The number of alkyl halides is 3. The number of carbonyl (C=O) groups is 1. The summed E-state index contributed by atoms with van der Waals surface area (Å²) in [5.41, 5.74) is 4.07. The molecule has 0 bridgehead atoms. The Kier molecular flexibility index (Phi) is 4.21. The number of anilines is 1. The molecule has 0 fully saturated rings. The molecule has 0 aliphatic carbocycles. The van der Waals surface area contributed by atoms with Crippen LogP contribution in [0.25, 0.3) is 0 Å². The summed E-state index contributed by atoms with van der Waals surface area (Å²) >= 11 is 0. The van der Waals surface area contributed by atoms with E-state index in [9.17, 15) is 18.0 Å². The number of carbonyl (C=O) groups excluding carboxylic acids is 1. The van der Waals surface area contributed by atoms with Crippen LogP contribution in [0.5, 0.6) is 0 Å². The van der Waals surface area contributed by atoms with Crippen LogP contribution in [0.2, 0.25) is 0 Å². The second kappa shape index (κ2) is 5.45. The van der Waals surface area contributed by atoms with Gasteiger partial charge in [-0.25, -0.2) is 0 Å². The van der Waals surface area contributed by atoms with Crippen LogP contribution in [0.3, 0.4) is 0 Å². The molecule has 0 aliphatic rings. The van der Waals surface area contributed by atoms with Gasteiger partial charge in [0, 0.05) is 11.3 Å². The number of hydrogen-bond donors (Lipinski definition) is 1. The summed E-state index contributed by atoms with van der Waals surface area (Å²) in [4.78, 5) is 10.8. The van der Waals surface area contributed by atoms with Gasteiger partial charge in [0.25, 0.3) is 0 Å². The smallest absolute Gasteiger partial charge is 0.418 e. The van der Waals surface area contributed by atoms with Gasteiger partial charge in [-0.15, -0.1) is 0 Å².